The Hall–Kier alpha value is -3.36. The van der Waals surface area contributed by atoms with Crippen LogP contribution in [0.1, 0.15) is 41.3 Å². The minimum absolute atomic E-state index is 0.0400. The molecule has 0 aliphatic carbocycles. The fraction of sp³-hybridized carbons (Fsp3) is 0.400. The summed E-state index contributed by atoms with van der Waals surface area (Å²) in [5.41, 5.74) is 0.553. The molecule has 9 nitrogen and oxygen atoms in total. The molecular formula is C20H22N4O5. The third-order valence-electron chi connectivity index (χ3n) is 5.05. The Bertz CT molecular complexity index is 967. The predicted molar refractivity (Wildman–Crippen MR) is 101 cm³/mol. The van der Waals surface area contributed by atoms with E-state index in [9.17, 15) is 9.59 Å². The van der Waals surface area contributed by atoms with Gasteiger partial charge in [-0.25, -0.2) is 0 Å². The number of carbonyl (C=O) groups is 2. The Morgan fingerprint density at radius 3 is 2.72 bits per heavy atom. The molecule has 1 saturated heterocycles. The number of hydrogen-bond acceptors (Lipinski definition) is 7. The van der Waals surface area contributed by atoms with Crippen molar-refractivity contribution in [1.29, 1.82) is 0 Å². The first kappa shape index (κ1) is 19.0. The summed E-state index contributed by atoms with van der Waals surface area (Å²) in [5, 5.41) is 6.88. The van der Waals surface area contributed by atoms with Crippen LogP contribution in [0.25, 0.3) is 11.6 Å². The Kier molecular flexibility index (Phi) is 5.46. The average molecular weight is 398 g/mol. The molecule has 2 amide bonds. The van der Waals surface area contributed by atoms with Crippen LogP contribution in [-0.4, -0.2) is 46.0 Å². The van der Waals surface area contributed by atoms with Crippen LogP contribution in [0.3, 0.4) is 0 Å². The highest BCUT2D eigenvalue weighted by Gasteiger charge is 2.25. The lowest BCUT2D eigenvalue weighted by Gasteiger charge is -2.32. The first-order valence-corrected chi connectivity index (χ1v) is 9.59. The third-order valence-corrected chi connectivity index (χ3v) is 5.05. The van der Waals surface area contributed by atoms with E-state index in [1.54, 1.807) is 25.1 Å². The molecule has 4 rings (SSSR count). The van der Waals surface area contributed by atoms with Gasteiger partial charge < -0.3 is 23.6 Å². The zero-order valence-corrected chi connectivity index (χ0v) is 16.1. The van der Waals surface area contributed by atoms with E-state index < -0.39 is 0 Å². The van der Waals surface area contributed by atoms with Crippen LogP contribution in [0.4, 0.5) is 0 Å². The standard InChI is InChI=1S/C20H22N4O5/c1-13-15(8-12-27-13)20(26)21-14-6-9-24(10-7-14)18(25)5-4-17-22-19(23-29-17)16-3-2-11-28-16/h2-3,8,11-12,14H,4-7,9-10H2,1H3,(H,21,26). The molecule has 0 atom stereocenters. The van der Waals surface area contributed by atoms with Crippen molar-refractivity contribution < 1.29 is 22.9 Å². The van der Waals surface area contributed by atoms with E-state index in [1.807, 2.05) is 4.90 Å². The minimum Gasteiger partial charge on any atom is -0.469 e. The van der Waals surface area contributed by atoms with Gasteiger partial charge in [0.25, 0.3) is 5.91 Å². The fourth-order valence-electron chi connectivity index (χ4n) is 3.39. The number of nitrogens with zero attached hydrogens (tertiary/aromatic N) is 3. The zero-order valence-electron chi connectivity index (χ0n) is 16.1. The van der Waals surface area contributed by atoms with Crippen LogP contribution in [0.2, 0.25) is 0 Å². The van der Waals surface area contributed by atoms with Gasteiger partial charge in [-0.1, -0.05) is 5.16 Å². The number of carbonyl (C=O) groups excluding carboxylic acids is 2. The molecule has 9 heteroatoms. The van der Waals surface area contributed by atoms with Crippen molar-refractivity contribution in [3.63, 3.8) is 0 Å². The summed E-state index contributed by atoms with van der Waals surface area (Å²) in [6.07, 6.45) is 5.16. The lowest BCUT2D eigenvalue weighted by atomic mass is 10.0. The van der Waals surface area contributed by atoms with E-state index >= 15 is 0 Å². The number of aryl methyl sites for hydroxylation is 2. The van der Waals surface area contributed by atoms with Gasteiger partial charge in [-0.15, -0.1) is 0 Å². The fourth-order valence-corrected chi connectivity index (χ4v) is 3.39. The molecule has 3 aromatic heterocycles. The molecule has 4 heterocycles. The second kappa shape index (κ2) is 8.34. The van der Waals surface area contributed by atoms with E-state index in [2.05, 4.69) is 15.5 Å². The average Bonchev–Trinajstić information content (AvgIpc) is 3.48. The van der Waals surface area contributed by atoms with Gasteiger partial charge >= 0.3 is 0 Å². The zero-order chi connectivity index (χ0) is 20.2. The number of amides is 2. The number of likely N-dealkylation sites (tertiary alicyclic amines) is 1. The third kappa shape index (κ3) is 4.39. The van der Waals surface area contributed by atoms with Crippen LogP contribution < -0.4 is 5.32 Å². The highest BCUT2D eigenvalue weighted by molar-refractivity contribution is 5.95. The molecule has 152 valence electrons. The van der Waals surface area contributed by atoms with Crippen LogP contribution in [0.15, 0.2) is 44.1 Å². The largest absolute Gasteiger partial charge is 0.469 e. The van der Waals surface area contributed by atoms with Crippen LogP contribution in [0.5, 0.6) is 0 Å². The quantitative estimate of drug-likeness (QED) is 0.678. The molecule has 1 N–H and O–H groups in total. The number of rotatable bonds is 6. The first-order chi connectivity index (χ1) is 14.1. The van der Waals surface area contributed by atoms with Crippen molar-refractivity contribution in [2.24, 2.45) is 0 Å². The van der Waals surface area contributed by atoms with Gasteiger partial charge in [-0.05, 0) is 38.0 Å². The van der Waals surface area contributed by atoms with Crippen molar-refractivity contribution in [3.8, 4) is 11.6 Å². The normalized spacial score (nSPS) is 14.9. The summed E-state index contributed by atoms with van der Waals surface area (Å²) < 4.78 is 15.6. The predicted octanol–water partition coefficient (Wildman–Crippen LogP) is 2.58. The highest BCUT2D eigenvalue weighted by Crippen LogP contribution is 2.18. The van der Waals surface area contributed by atoms with Crippen LogP contribution >= 0.6 is 0 Å². The van der Waals surface area contributed by atoms with Crippen molar-refractivity contribution in [1.82, 2.24) is 20.4 Å². The monoisotopic (exact) mass is 398 g/mol. The molecule has 0 bridgehead atoms. The maximum absolute atomic E-state index is 12.5. The molecule has 0 aromatic carbocycles. The molecule has 1 fully saturated rings. The lowest BCUT2D eigenvalue weighted by molar-refractivity contribution is -0.132. The van der Waals surface area contributed by atoms with E-state index in [4.69, 9.17) is 13.4 Å². The number of hydrogen-bond donors (Lipinski definition) is 1. The first-order valence-electron chi connectivity index (χ1n) is 9.59. The van der Waals surface area contributed by atoms with Crippen molar-refractivity contribution in [2.45, 2.75) is 38.6 Å². The van der Waals surface area contributed by atoms with E-state index in [0.717, 1.165) is 12.8 Å². The second-order valence-corrected chi connectivity index (χ2v) is 7.01. The Morgan fingerprint density at radius 1 is 1.21 bits per heavy atom. The van der Waals surface area contributed by atoms with Gasteiger partial charge in [-0.2, -0.15) is 4.98 Å². The van der Waals surface area contributed by atoms with Crippen LogP contribution in [-0.2, 0) is 11.2 Å². The molecule has 1 aliphatic heterocycles. The molecule has 0 unspecified atom stereocenters. The van der Waals surface area contributed by atoms with E-state index in [0.29, 0.717) is 54.7 Å². The highest BCUT2D eigenvalue weighted by atomic mass is 16.5. The minimum atomic E-state index is -0.134. The molecule has 0 saturated carbocycles. The summed E-state index contributed by atoms with van der Waals surface area (Å²) >= 11 is 0. The summed E-state index contributed by atoms with van der Waals surface area (Å²) in [5.74, 6) is 1.82. The van der Waals surface area contributed by atoms with Gasteiger partial charge in [0.1, 0.15) is 5.76 Å². The maximum atomic E-state index is 12.5. The summed E-state index contributed by atoms with van der Waals surface area (Å²) in [6.45, 7) is 2.97. The molecule has 29 heavy (non-hydrogen) atoms. The lowest BCUT2D eigenvalue weighted by Crippen LogP contribution is -2.46. The van der Waals surface area contributed by atoms with Gasteiger partial charge in [-0.3, -0.25) is 9.59 Å². The number of furan rings is 2. The number of piperidine rings is 1. The van der Waals surface area contributed by atoms with Crippen molar-refractivity contribution in [3.05, 3.63) is 47.9 Å². The molecular weight excluding hydrogens is 376 g/mol. The Labute approximate surface area is 167 Å². The SMILES string of the molecule is Cc1occc1C(=O)NC1CCN(C(=O)CCc2nc(-c3ccco3)no2)CC1. The van der Waals surface area contributed by atoms with E-state index in [1.165, 1.54) is 12.5 Å². The van der Waals surface area contributed by atoms with Crippen molar-refractivity contribution >= 4 is 11.8 Å². The summed E-state index contributed by atoms with van der Waals surface area (Å²) in [6, 6.07) is 5.21. The smallest absolute Gasteiger partial charge is 0.255 e. The van der Waals surface area contributed by atoms with Gasteiger partial charge in [0.15, 0.2) is 5.76 Å². The maximum Gasteiger partial charge on any atom is 0.255 e. The Morgan fingerprint density at radius 2 is 2.03 bits per heavy atom. The van der Waals surface area contributed by atoms with Gasteiger partial charge in [0.05, 0.1) is 18.1 Å². The topological polar surface area (TPSA) is 115 Å². The Balaban J connectivity index is 1.22. The van der Waals surface area contributed by atoms with Gasteiger partial charge in [0, 0.05) is 32.0 Å². The summed E-state index contributed by atoms with van der Waals surface area (Å²) in [7, 11) is 0. The molecule has 1 aliphatic rings. The van der Waals surface area contributed by atoms with Crippen LogP contribution in [0, 0.1) is 6.92 Å². The van der Waals surface area contributed by atoms with E-state index in [-0.39, 0.29) is 17.9 Å². The molecule has 0 radical (unpaired) electrons. The van der Waals surface area contributed by atoms with Gasteiger partial charge in [0.2, 0.25) is 17.6 Å². The number of aromatic nitrogens is 2. The second-order valence-electron chi connectivity index (χ2n) is 7.01. The molecule has 3 aromatic rings. The summed E-state index contributed by atoms with van der Waals surface area (Å²) in [4.78, 5) is 30.8. The molecule has 0 spiro atoms. The van der Waals surface area contributed by atoms with Crippen molar-refractivity contribution in [2.75, 3.05) is 13.1 Å². The number of nitrogens with one attached hydrogen (secondary N) is 1.